The number of carbonyl (C=O) groups is 1. The van der Waals surface area contributed by atoms with Gasteiger partial charge < -0.3 is 10.1 Å². The smallest absolute Gasteiger partial charge is 0.407 e. The second-order valence-corrected chi connectivity index (χ2v) is 3.96. The predicted octanol–water partition coefficient (Wildman–Crippen LogP) is 1.86. The van der Waals surface area contributed by atoms with E-state index in [1.165, 1.54) is 0 Å². The molecule has 1 saturated carbocycles. The van der Waals surface area contributed by atoms with E-state index in [9.17, 15) is 4.79 Å². The quantitative estimate of drug-likeness (QED) is 0.680. The van der Waals surface area contributed by atoms with E-state index < -0.39 is 5.60 Å². The summed E-state index contributed by atoms with van der Waals surface area (Å²) in [5.74, 6) is 0.508. The fourth-order valence-corrected chi connectivity index (χ4v) is 2.63. The van der Waals surface area contributed by atoms with Crippen LogP contribution in [0.3, 0.4) is 0 Å². The third-order valence-electron chi connectivity index (χ3n) is 3.40. The average molecular weight is 193 g/mol. The molecule has 1 aliphatic heterocycles. The van der Waals surface area contributed by atoms with Gasteiger partial charge in [0.05, 0.1) is 6.54 Å². The number of hydrogen-bond donors (Lipinski definition) is 1. The average Bonchev–Trinajstić information content (AvgIpc) is 2.72. The van der Waals surface area contributed by atoms with Gasteiger partial charge in [-0.15, -0.1) is 13.2 Å². The first kappa shape index (κ1) is 9.31. The van der Waals surface area contributed by atoms with Crippen LogP contribution >= 0.6 is 0 Å². The largest absolute Gasteiger partial charge is 0.440 e. The van der Waals surface area contributed by atoms with E-state index in [1.807, 2.05) is 12.2 Å². The van der Waals surface area contributed by atoms with Crippen molar-refractivity contribution in [1.29, 1.82) is 0 Å². The maximum atomic E-state index is 11.1. The summed E-state index contributed by atoms with van der Waals surface area (Å²) in [5.41, 5.74) is -0.402. The number of hydrogen-bond acceptors (Lipinski definition) is 2. The van der Waals surface area contributed by atoms with E-state index in [1.54, 1.807) is 0 Å². The van der Waals surface area contributed by atoms with Gasteiger partial charge in [-0.3, -0.25) is 0 Å². The van der Waals surface area contributed by atoms with E-state index in [0.717, 1.165) is 12.8 Å². The van der Waals surface area contributed by atoms with Crippen LogP contribution in [0.1, 0.15) is 12.8 Å². The van der Waals surface area contributed by atoms with Crippen molar-refractivity contribution < 1.29 is 9.53 Å². The summed E-state index contributed by atoms with van der Waals surface area (Å²) in [5, 5.41) is 2.72. The molecule has 1 spiro atoms. The Balaban J connectivity index is 2.30. The van der Waals surface area contributed by atoms with Crippen LogP contribution in [-0.2, 0) is 4.74 Å². The highest BCUT2D eigenvalue weighted by Crippen LogP contribution is 2.46. The van der Waals surface area contributed by atoms with Crippen molar-refractivity contribution in [1.82, 2.24) is 5.32 Å². The molecule has 0 aromatic carbocycles. The van der Waals surface area contributed by atoms with Gasteiger partial charge >= 0.3 is 6.09 Å². The molecule has 14 heavy (non-hydrogen) atoms. The van der Waals surface area contributed by atoms with Gasteiger partial charge in [-0.1, -0.05) is 12.2 Å². The lowest BCUT2D eigenvalue weighted by molar-refractivity contribution is 0.0174. The molecule has 0 aromatic heterocycles. The van der Waals surface area contributed by atoms with Gasteiger partial charge in [0.1, 0.15) is 5.60 Å². The Labute approximate surface area is 83.8 Å². The minimum absolute atomic E-state index is 0.254. The summed E-state index contributed by atoms with van der Waals surface area (Å²) < 4.78 is 5.42. The molecular formula is C11H15NO2. The number of amides is 1. The lowest BCUT2D eigenvalue weighted by Gasteiger charge is -2.30. The van der Waals surface area contributed by atoms with Gasteiger partial charge in [0.15, 0.2) is 0 Å². The summed E-state index contributed by atoms with van der Waals surface area (Å²) in [7, 11) is 0. The maximum Gasteiger partial charge on any atom is 0.407 e. The number of carbonyl (C=O) groups excluding carboxylic acids is 1. The summed E-state index contributed by atoms with van der Waals surface area (Å²) in [6, 6.07) is 0. The molecule has 2 atom stereocenters. The van der Waals surface area contributed by atoms with E-state index in [2.05, 4.69) is 18.5 Å². The summed E-state index contributed by atoms with van der Waals surface area (Å²) >= 11 is 0. The van der Waals surface area contributed by atoms with Gasteiger partial charge in [-0.05, 0) is 12.8 Å². The molecule has 2 aliphatic rings. The number of nitrogens with one attached hydrogen (secondary N) is 1. The molecule has 2 unspecified atom stereocenters. The topological polar surface area (TPSA) is 38.3 Å². The Hall–Kier alpha value is -1.25. The van der Waals surface area contributed by atoms with Gasteiger partial charge in [-0.2, -0.15) is 0 Å². The number of alkyl carbamates (subject to hydrolysis) is 1. The van der Waals surface area contributed by atoms with Crippen molar-refractivity contribution in [3.63, 3.8) is 0 Å². The van der Waals surface area contributed by atoms with Crippen LogP contribution in [0.15, 0.2) is 25.3 Å². The van der Waals surface area contributed by atoms with E-state index in [0.29, 0.717) is 6.54 Å². The molecule has 1 aliphatic carbocycles. The minimum Gasteiger partial charge on any atom is -0.440 e. The number of rotatable bonds is 2. The first-order chi connectivity index (χ1) is 6.73. The Morgan fingerprint density at radius 1 is 1.36 bits per heavy atom. The maximum absolute atomic E-state index is 11.1. The number of ether oxygens (including phenoxy) is 1. The molecule has 1 amide bonds. The molecule has 0 bridgehead atoms. The van der Waals surface area contributed by atoms with Crippen LogP contribution in [0.4, 0.5) is 4.79 Å². The molecule has 0 aromatic rings. The zero-order valence-corrected chi connectivity index (χ0v) is 8.16. The molecule has 1 N–H and O–H groups in total. The molecule has 3 heteroatoms. The molecule has 0 radical (unpaired) electrons. The van der Waals surface area contributed by atoms with Crippen LogP contribution in [0.2, 0.25) is 0 Å². The molecule has 3 nitrogen and oxygen atoms in total. The van der Waals surface area contributed by atoms with Crippen LogP contribution in [0.25, 0.3) is 0 Å². The van der Waals surface area contributed by atoms with Crippen molar-refractivity contribution in [3.8, 4) is 0 Å². The van der Waals surface area contributed by atoms with E-state index in [4.69, 9.17) is 4.74 Å². The van der Waals surface area contributed by atoms with Gasteiger partial charge in [0, 0.05) is 11.8 Å². The summed E-state index contributed by atoms with van der Waals surface area (Å²) in [6.45, 7) is 8.19. The van der Waals surface area contributed by atoms with Crippen molar-refractivity contribution >= 4 is 6.09 Å². The molecular weight excluding hydrogens is 178 g/mol. The van der Waals surface area contributed by atoms with Crippen molar-refractivity contribution in [2.75, 3.05) is 6.54 Å². The summed E-state index contributed by atoms with van der Waals surface area (Å²) in [4.78, 5) is 11.1. The molecule has 2 fully saturated rings. The Morgan fingerprint density at radius 3 is 2.29 bits per heavy atom. The molecule has 1 saturated heterocycles. The fourth-order valence-electron chi connectivity index (χ4n) is 2.63. The van der Waals surface area contributed by atoms with Gasteiger partial charge in [0.25, 0.3) is 0 Å². The normalized spacial score (nSPS) is 40.7. The minimum atomic E-state index is -0.402. The zero-order chi connectivity index (χ0) is 10.2. The Morgan fingerprint density at radius 2 is 1.93 bits per heavy atom. The molecule has 2 rings (SSSR count). The van der Waals surface area contributed by atoms with Crippen molar-refractivity contribution in [2.45, 2.75) is 18.4 Å². The highest BCUT2D eigenvalue weighted by molar-refractivity contribution is 5.70. The summed E-state index contributed by atoms with van der Waals surface area (Å²) in [6.07, 6.45) is 5.52. The second-order valence-electron chi connectivity index (χ2n) is 3.96. The van der Waals surface area contributed by atoms with Gasteiger partial charge in [-0.25, -0.2) is 4.79 Å². The fraction of sp³-hybridized carbons (Fsp3) is 0.545. The predicted molar refractivity (Wildman–Crippen MR) is 53.8 cm³/mol. The van der Waals surface area contributed by atoms with E-state index >= 15 is 0 Å². The standard InChI is InChI=1S/C11H15NO2/c1-3-8-5-6-9(4-2)11(8)7-12-10(13)14-11/h3-4,8-9H,1-2,5-7H2,(H,12,13). The van der Waals surface area contributed by atoms with Crippen LogP contribution < -0.4 is 5.32 Å². The first-order valence-corrected chi connectivity index (χ1v) is 4.95. The third kappa shape index (κ3) is 1.08. The molecule has 76 valence electrons. The lowest BCUT2D eigenvalue weighted by atomic mass is 9.84. The highest BCUT2D eigenvalue weighted by atomic mass is 16.6. The SMILES string of the molecule is C=CC1CCC(C=C)C12CNC(=O)O2. The van der Waals surface area contributed by atoms with Crippen molar-refractivity contribution in [3.05, 3.63) is 25.3 Å². The third-order valence-corrected chi connectivity index (χ3v) is 3.40. The second kappa shape index (κ2) is 3.15. The Bertz CT molecular complexity index is 269. The first-order valence-electron chi connectivity index (χ1n) is 4.95. The van der Waals surface area contributed by atoms with Crippen LogP contribution in [0.5, 0.6) is 0 Å². The lowest BCUT2D eigenvalue weighted by Crippen LogP contribution is -2.42. The zero-order valence-electron chi connectivity index (χ0n) is 8.16. The monoisotopic (exact) mass is 193 g/mol. The van der Waals surface area contributed by atoms with E-state index in [-0.39, 0.29) is 17.9 Å². The molecule has 1 heterocycles. The van der Waals surface area contributed by atoms with Crippen molar-refractivity contribution in [2.24, 2.45) is 11.8 Å². The van der Waals surface area contributed by atoms with Crippen LogP contribution in [-0.4, -0.2) is 18.2 Å². The highest BCUT2D eigenvalue weighted by Gasteiger charge is 2.54. The Kier molecular flexibility index (Phi) is 2.10. The van der Waals surface area contributed by atoms with Gasteiger partial charge in [0.2, 0.25) is 0 Å². The van der Waals surface area contributed by atoms with Crippen LogP contribution in [0, 0.1) is 11.8 Å².